The molecule has 0 aliphatic heterocycles. The third-order valence-corrected chi connectivity index (χ3v) is 10.8. The second kappa shape index (κ2) is 14.4. The molecule has 0 unspecified atom stereocenters. The van der Waals surface area contributed by atoms with Crippen LogP contribution in [0.3, 0.4) is 0 Å². The van der Waals surface area contributed by atoms with Gasteiger partial charge in [-0.2, -0.15) is 0 Å². The molecule has 1 aromatic heterocycles. The largest absolute Gasteiger partial charge is 0.310 e. The second-order valence-corrected chi connectivity index (χ2v) is 14.1. The molecule has 10 rings (SSSR count). The zero-order valence-corrected chi connectivity index (χ0v) is 30.8. The quantitative estimate of drug-likeness (QED) is 0.152. The standard InChI is InChI=1S/C54H38N2/c1-6-19-39(20-7-1)43-33-35-47(41-23-10-3-11-24-41)53(37-43)56-50-30-17-16-29-48(50)54-51(31-18-32-52(54)56)55(44-27-14-5-15-28-44)45-34-36-46(40-21-8-2-9-22-40)49(38-45)42-25-12-4-13-26-42/h1-38H. The predicted octanol–water partition coefficient (Wildman–Crippen LogP) is 14.9. The molecule has 0 radical (unpaired) electrons. The summed E-state index contributed by atoms with van der Waals surface area (Å²) in [6.07, 6.45) is 0. The van der Waals surface area contributed by atoms with E-state index in [0.717, 1.165) is 33.8 Å². The highest BCUT2D eigenvalue weighted by Gasteiger charge is 2.23. The molecule has 10 aromatic rings. The minimum atomic E-state index is 1.09. The number of hydrogen-bond acceptors (Lipinski definition) is 1. The molecule has 0 aliphatic rings. The molecule has 0 saturated heterocycles. The van der Waals surface area contributed by atoms with Crippen molar-refractivity contribution in [3.05, 3.63) is 231 Å². The van der Waals surface area contributed by atoms with Gasteiger partial charge in [0.15, 0.2) is 0 Å². The van der Waals surface area contributed by atoms with Crippen LogP contribution in [0.25, 0.3) is 72.0 Å². The van der Waals surface area contributed by atoms with Gasteiger partial charge in [-0.3, -0.25) is 0 Å². The van der Waals surface area contributed by atoms with Crippen LogP contribution >= 0.6 is 0 Å². The van der Waals surface area contributed by atoms with Crippen molar-refractivity contribution in [1.82, 2.24) is 4.57 Å². The Labute approximate surface area is 327 Å². The summed E-state index contributed by atoms with van der Waals surface area (Å²) >= 11 is 0. The van der Waals surface area contributed by atoms with Crippen molar-refractivity contribution < 1.29 is 0 Å². The number of fused-ring (bicyclic) bond motifs is 3. The smallest absolute Gasteiger partial charge is 0.0562 e. The van der Waals surface area contributed by atoms with Gasteiger partial charge in [-0.25, -0.2) is 0 Å². The molecule has 0 aliphatic carbocycles. The molecule has 0 saturated carbocycles. The zero-order valence-electron chi connectivity index (χ0n) is 30.8. The van der Waals surface area contributed by atoms with E-state index in [1.165, 1.54) is 55.3 Å². The van der Waals surface area contributed by atoms with Crippen molar-refractivity contribution in [3.63, 3.8) is 0 Å². The maximum atomic E-state index is 2.47. The van der Waals surface area contributed by atoms with Gasteiger partial charge in [0.2, 0.25) is 0 Å². The van der Waals surface area contributed by atoms with Crippen molar-refractivity contribution >= 4 is 38.9 Å². The minimum Gasteiger partial charge on any atom is -0.310 e. The lowest BCUT2D eigenvalue weighted by Crippen LogP contribution is -2.10. The summed E-state index contributed by atoms with van der Waals surface area (Å²) in [5.41, 5.74) is 16.3. The maximum Gasteiger partial charge on any atom is 0.0562 e. The molecule has 9 aromatic carbocycles. The highest BCUT2D eigenvalue weighted by atomic mass is 15.1. The van der Waals surface area contributed by atoms with Crippen LogP contribution < -0.4 is 4.90 Å². The fraction of sp³-hybridized carbons (Fsp3) is 0. The van der Waals surface area contributed by atoms with E-state index in [1.54, 1.807) is 0 Å². The van der Waals surface area contributed by atoms with E-state index in [-0.39, 0.29) is 0 Å². The molecule has 0 atom stereocenters. The molecule has 0 amide bonds. The molecule has 2 heteroatoms. The summed E-state index contributed by atoms with van der Waals surface area (Å²) in [4.78, 5) is 2.43. The molecule has 1 heterocycles. The summed E-state index contributed by atoms with van der Waals surface area (Å²) in [7, 11) is 0. The summed E-state index contributed by atoms with van der Waals surface area (Å²) < 4.78 is 2.47. The van der Waals surface area contributed by atoms with Gasteiger partial charge in [0.05, 0.1) is 22.4 Å². The van der Waals surface area contributed by atoms with E-state index in [0.29, 0.717) is 0 Å². The lowest BCUT2D eigenvalue weighted by Gasteiger charge is -2.28. The maximum absolute atomic E-state index is 2.47. The van der Waals surface area contributed by atoms with E-state index in [9.17, 15) is 0 Å². The average Bonchev–Trinajstić information content (AvgIpc) is 3.63. The van der Waals surface area contributed by atoms with E-state index in [4.69, 9.17) is 0 Å². The lowest BCUT2D eigenvalue weighted by atomic mass is 9.93. The number of aromatic nitrogens is 1. The number of para-hydroxylation sites is 2. The van der Waals surface area contributed by atoms with E-state index < -0.39 is 0 Å². The fourth-order valence-electron chi connectivity index (χ4n) is 8.24. The number of benzene rings is 9. The second-order valence-electron chi connectivity index (χ2n) is 14.1. The molecule has 0 fully saturated rings. The number of rotatable bonds is 8. The van der Waals surface area contributed by atoms with Crippen molar-refractivity contribution in [1.29, 1.82) is 0 Å². The van der Waals surface area contributed by atoms with Crippen LogP contribution in [-0.4, -0.2) is 4.57 Å². The first-order valence-corrected chi connectivity index (χ1v) is 19.2. The van der Waals surface area contributed by atoms with Crippen LogP contribution in [0, 0.1) is 0 Å². The van der Waals surface area contributed by atoms with Gasteiger partial charge >= 0.3 is 0 Å². The van der Waals surface area contributed by atoms with Gasteiger partial charge < -0.3 is 9.47 Å². The predicted molar refractivity (Wildman–Crippen MR) is 237 cm³/mol. The number of anilines is 3. The third-order valence-electron chi connectivity index (χ3n) is 10.8. The lowest BCUT2D eigenvalue weighted by molar-refractivity contribution is 1.18. The van der Waals surface area contributed by atoms with Crippen LogP contribution in [0.15, 0.2) is 231 Å². The zero-order chi connectivity index (χ0) is 37.3. The molecule has 0 N–H and O–H groups in total. The Morgan fingerprint density at radius 3 is 1.48 bits per heavy atom. The topological polar surface area (TPSA) is 8.17 Å². The highest BCUT2D eigenvalue weighted by Crippen LogP contribution is 2.46. The molecular weight excluding hydrogens is 677 g/mol. The molecule has 56 heavy (non-hydrogen) atoms. The van der Waals surface area contributed by atoms with Crippen LogP contribution in [0.4, 0.5) is 17.1 Å². The van der Waals surface area contributed by atoms with Gasteiger partial charge in [-0.05, 0) is 87.5 Å². The number of hydrogen-bond donors (Lipinski definition) is 0. The third kappa shape index (κ3) is 5.95. The van der Waals surface area contributed by atoms with E-state index in [2.05, 4.69) is 240 Å². The summed E-state index contributed by atoms with van der Waals surface area (Å²) in [6, 6.07) is 83.1. The van der Waals surface area contributed by atoms with Crippen molar-refractivity contribution in [3.8, 4) is 50.2 Å². The van der Waals surface area contributed by atoms with Gasteiger partial charge in [-0.15, -0.1) is 0 Å². The molecule has 264 valence electrons. The van der Waals surface area contributed by atoms with E-state index >= 15 is 0 Å². The summed E-state index contributed by atoms with van der Waals surface area (Å²) in [6.45, 7) is 0. The van der Waals surface area contributed by atoms with Crippen molar-refractivity contribution in [2.45, 2.75) is 0 Å². The summed E-state index contributed by atoms with van der Waals surface area (Å²) in [5.74, 6) is 0. The molecular formula is C54H38N2. The SMILES string of the molecule is c1ccc(-c2ccc(-c3ccccc3)c(-n3c4ccccc4c4c(N(c5ccccc5)c5ccc(-c6ccccc6)c(-c6ccccc6)c5)cccc43)c2)cc1. The van der Waals surface area contributed by atoms with Gasteiger partial charge in [0, 0.05) is 27.7 Å². The fourth-order valence-corrected chi connectivity index (χ4v) is 8.24. The van der Waals surface area contributed by atoms with Crippen LogP contribution in [0.2, 0.25) is 0 Å². The molecule has 2 nitrogen and oxygen atoms in total. The first kappa shape index (κ1) is 33.2. The Morgan fingerprint density at radius 1 is 0.304 bits per heavy atom. The van der Waals surface area contributed by atoms with Gasteiger partial charge in [-0.1, -0.05) is 182 Å². The van der Waals surface area contributed by atoms with Crippen LogP contribution in [0.5, 0.6) is 0 Å². The Bertz CT molecular complexity index is 2930. The van der Waals surface area contributed by atoms with Crippen LogP contribution in [-0.2, 0) is 0 Å². The monoisotopic (exact) mass is 714 g/mol. The Kier molecular flexibility index (Phi) is 8.55. The van der Waals surface area contributed by atoms with Crippen molar-refractivity contribution in [2.24, 2.45) is 0 Å². The van der Waals surface area contributed by atoms with Gasteiger partial charge in [0.25, 0.3) is 0 Å². The first-order valence-electron chi connectivity index (χ1n) is 19.2. The number of nitrogens with zero attached hydrogens (tertiary/aromatic N) is 2. The van der Waals surface area contributed by atoms with Gasteiger partial charge in [0.1, 0.15) is 0 Å². The first-order chi connectivity index (χ1) is 27.8. The average molecular weight is 715 g/mol. The van der Waals surface area contributed by atoms with Crippen molar-refractivity contribution in [2.75, 3.05) is 4.90 Å². The molecule has 0 spiro atoms. The highest BCUT2D eigenvalue weighted by molar-refractivity contribution is 6.17. The van der Waals surface area contributed by atoms with Crippen LogP contribution in [0.1, 0.15) is 0 Å². The summed E-state index contributed by atoms with van der Waals surface area (Å²) in [5, 5.41) is 2.40. The minimum absolute atomic E-state index is 1.09. The Balaban J connectivity index is 1.25. The Hall–Kier alpha value is -7.42. The molecule has 0 bridgehead atoms. The Morgan fingerprint density at radius 2 is 0.821 bits per heavy atom. The normalized spacial score (nSPS) is 11.2. The van der Waals surface area contributed by atoms with E-state index in [1.807, 2.05) is 0 Å².